The summed E-state index contributed by atoms with van der Waals surface area (Å²) in [5.41, 5.74) is 0. The van der Waals surface area contributed by atoms with Gasteiger partial charge in [0.15, 0.2) is 0 Å². The largest absolute Gasteiger partial charge is 0.314 e. The second-order valence-corrected chi connectivity index (χ2v) is 9.70. The molecule has 2 atom stereocenters. The summed E-state index contributed by atoms with van der Waals surface area (Å²) in [5.74, 6) is 1.64. The number of hydrogen-bond donors (Lipinski definition) is 2. The molecule has 21 heavy (non-hydrogen) atoms. The van der Waals surface area contributed by atoms with Crippen molar-refractivity contribution in [1.82, 2.24) is 14.3 Å². The molecule has 3 fully saturated rings. The van der Waals surface area contributed by atoms with Crippen LogP contribution in [-0.4, -0.2) is 55.9 Å². The fourth-order valence-corrected chi connectivity index (χ4v) is 5.81. The normalized spacial score (nSPS) is 31.6. The molecule has 0 amide bonds. The van der Waals surface area contributed by atoms with Crippen molar-refractivity contribution in [3.05, 3.63) is 0 Å². The van der Waals surface area contributed by atoms with E-state index in [2.05, 4.69) is 10.0 Å². The molecule has 0 bridgehead atoms. The first-order valence-electron chi connectivity index (χ1n) is 8.23. The van der Waals surface area contributed by atoms with Gasteiger partial charge >= 0.3 is 0 Å². The van der Waals surface area contributed by atoms with Crippen molar-refractivity contribution in [3.63, 3.8) is 0 Å². The van der Waals surface area contributed by atoms with E-state index in [4.69, 9.17) is 0 Å². The first kappa shape index (κ1) is 16.1. The van der Waals surface area contributed by atoms with Crippen molar-refractivity contribution < 1.29 is 8.42 Å². The summed E-state index contributed by atoms with van der Waals surface area (Å²) in [4.78, 5) is 0. The molecule has 0 radical (unpaired) electrons. The van der Waals surface area contributed by atoms with Gasteiger partial charge in [0.25, 0.3) is 10.2 Å². The van der Waals surface area contributed by atoms with Gasteiger partial charge in [0.05, 0.1) is 0 Å². The molecule has 7 heteroatoms. The molecule has 1 aliphatic carbocycles. The Morgan fingerprint density at radius 2 is 1.95 bits per heavy atom. The van der Waals surface area contributed by atoms with Crippen molar-refractivity contribution in [2.45, 2.75) is 49.8 Å². The van der Waals surface area contributed by atoms with Crippen molar-refractivity contribution >= 4 is 22.0 Å². The summed E-state index contributed by atoms with van der Waals surface area (Å²) < 4.78 is 29.3. The average molecular weight is 334 g/mol. The minimum Gasteiger partial charge on any atom is -0.314 e. The van der Waals surface area contributed by atoms with Crippen LogP contribution < -0.4 is 10.0 Å². The monoisotopic (exact) mass is 333 g/mol. The van der Waals surface area contributed by atoms with Crippen LogP contribution >= 0.6 is 11.8 Å². The fourth-order valence-electron chi connectivity index (χ4n) is 3.13. The highest BCUT2D eigenvalue weighted by Crippen LogP contribution is 2.26. The molecular formula is C14H27N3O2S2. The number of piperidine rings is 1. The minimum atomic E-state index is -3.28. The van der Waals surface area contributed by atoms with Crippen molar-refractivity contribution in [2.75, 3.05) is 31.9 Å². The van der Waals surface area contributed by atoms with E-state index in [1.807, 2.05) is 11.8 Å². The molecule has 2 unspecified atom stereocenters. The first-order chi connectivity index (χ1) is 10.1. The zero-order valence-electron chi connectivity index (χ0n) is 12.6. The average Bonchev–Trinajstić information content (AvgIpc) is 3.17. The smallest absolute Gasteiger partial charge is 0.279 e. The highest BCUT2D eigenvalue weighted by atomic mass is 32.2. The zero-order chi connectivity index (χ0) is 14.7. The van der Waals surface area contributed by atoms with E-state index < -0.39 is 10.2 Å². The van der Waals surface area contributed by atoms with Gasteiger partial charge < -0.3 is 5.32 Å². The molecule has 0 aromatic carbocycles. The van der Waals surface area contributed by atoms with Crippen LogP contribution in [0.1, 0.15) is 38.5 Å². The third kappa shape index (κ3) is 4.82. The Hall–Kier alpha value is 0.180. The van der Waals surface area contributed by atoms with Gasteiger partial charge in [-0.3, -0.25) is 0 Å². The van der Waals surface area contributed by atoms with Gasteiger partial charge in [-0.1, -0.05) is 0 Å². The molecule has 3 rings (SSSR count). The maximum atomic E-state index is 12.4. The number of nitrogens with zero attached hydrogens (tertiary/aromatic N) is 1. The van der Waals surface area contributed by atoms with Crippen LogP contribution in [0, 0.1) is 5.92 Å². The van der Waals surface area contributed by atoms with E-state index in [1.54, 1.807) is 4.31 Å². The molecule has 2 N–H and O–H groups in total. The van der Waals surface area contributed by atoms with E-state index >= 15 is 0 Å². The first-order valence-corrected chi connectivity index (χ1v) is 10.7. The fraction of sp³-hybridized carbons (Fsp3) is 1.00. The Bertz CT molecular complexity index is 434. The highest BCUT2D eigenvalue weighted by Gasteiger charge is 2.30. The summed E-state index contributed by atoms with van der Waals surface area (Å²) in [6.07, 6.45) is 7.06. The van der Waals surface area contributed by atoms with E-state index in [0.29, 0.717) is 36.8 Å². The predicted molar refractivity (Wildman–Crippen MR) is 87.7 cm³/mol. The second-order valence-electron chi connectivity index (χ2n) is 6.54. The van der Waals surface area contributed by atoms with E-state index in [1.165, 1.54) is 25.0 Å². The van der Waals surface area contributed by atoms with E-state index in [-0.39, 0.29) is 0 Å². The highest BCUT2D eigenvalue weighted by molar-refractivity contribution is 8.00. The van der Waals surface area contributed by atoms with Gasteiger partial charge in [0.2, 0.25) is 0 Å². The van der Waals surface area contributed by atoms with Crippen LogP contribution in [0.25, 0.3) is 0 Å². The number of thioether (sulfide) groups is 1. The topological polar surface area (TPSA) is 61.4 Å². The summed E-state index contributed by atoms with van der Waals surface area (Å²) in [7, 11) is -3.28. The van der Waals surface area contributed by atoms with Crippen LogP contribution in [-0.2, 0) is 10.2 Å². The minimum absolute atomic E-state index is 0.469. The molecular weight excluding hydrogens is 306 g/mol. The molecule has 0 aromatic rings. The number of hydrogen-bond acceptors (Lipinski definition) is 4. The number of rotatable bonds is 7. The summed E-state index contributed by atoms with van der Waals surface area (Å²) in [6, 6.07) is 0.703. The van der Waals surface area contributed by atoms with Gasteiger partial charge in [0.1, 0.15) is 0 Å². The third-order valence-corrected chi connectivity index (χ3v) is 7.55. The summed E-state index contributed by atoms with van der Waals surface area (Å²) in [6.45, 7) is 2.91. The third-order valence-electron chi connectivity index (χ3n) is 4.61. The molecule has 0 spiro atoms. The lowest BCUT2D eigenvalue weighted by atomic mass is 10.00. The molecule has 2 aliphatic heterocycles. The molecule has 0 aromatic heterocycles. The van der Waals surface area contributed by atoms with Crippen molar-refractivity contribution in [2.24, 2.45) is 5.92 Å². The predicted octanol–water partition coefficient (Wildman–Crippen LogP) is 1.18. The Morgan fingerprint density at radius 1 is 1.10 bits per heavy atom. The second kappa shape index (κ2) is 7.17. The molecule has 3 aliphatic rings. The Kier molecular flexibility index (Phi) is 5.48. The van der Waals surface area contributed by atoms with Crippen molar-refractivity contribution in [3.8, 4) is 0 Å². The van der Waals surface area contributed by atoms with E-state index in [0.717, 1.165) is 25.8 Å². The lowest BCUT2D eigenvalue weighted by Crippen LogP contribution is -2.48. The van der Waals surface area contributed by atoms with E-state index in [9.17, 15) is 8.42 Å². The van der Waals surface area contributed by atoms with Crippen LogP contribution in [0.5, 0.6) is 0 Å². The lowest BCUT2D eigenvalue weighted by Gasteiger charge is -2.32. The van der Waals surface area contributed by atoms with Crippen molar-refractivity contribution in [1.29, 1.82) is 0 Å². The number of nitrogens with one attached hydrogen (secondary N) is 2. The maximum Gasteiger partial charge on any atom is 0.279 e. The van der Waals surface area contributed by atoms with Crippen LogP contribution in [0.2, 0.25) is 0 Å². The van der Waals surface area contributed by atoms with Crippen LogP contribution in [0.15, 0.2) is 0 Å². The maximum absolute atomic E-state index is 12.4. The molecule has 5 nitrogen and oxygen atoms in total. The Morgan fingerprint density at radius 3 is 2.67 bits per heavy atom. The van der Waals surface area contributed by atoms with Gasteiger partial charge in [-0.2, -0.15) is 24.5 Å². The van der Waals surface area contributed by atoms with Gasteiger partial charge in [-0.05, 0) is 56.7 Å². The van der Waals surface area contributed by atoms with Crippen LogP contribution in [0.4, 0.5) is 0 Å². The van der Waals surface area contributed by atoms with Gasteiger partial charge in [-0.25, -0.2) is 4.72 Å². The Labute approximate surface area is 132 Å². The molecule has 122 valence electrons. The summed E-state index contributed by atoms with van der Waals surface area (Å²) >= 11 is 1.89. The zero-order valence-corrected chi connectivity index (χ0v) is 14.2. The SMILES string of the molecule is O=S(=O)(NCC1CCCS1)N1CCCC(CNC2CC2)C1. The van der Waals surface area contributed by atoms with Gasteiger partial charge in [-0.15, -0.1) is 0 Å². The van der Waals surface area contributed by atoms with Crippen LogP contribution in [0.3, 0.4) is 0 Å². The Balaban J connectivity index is 1.46. The standard InChI is InChI=1S/C14H27N3O2S2/c18-21(19,16-10-14-4-2-8-20-14)17-7-1-3-12(11-17)9-15-13-5-6-13/h12-16H,1-11H2. The molecule has 1 saturated carbocycles. The summed E-state index contributed by atoms with van der Waals surface area (Å²) in [5, 5.41) is 4.00. The quantitative estimate of drug-likeness (QED) is 0.734. The lowest BCUT2D eigenvalue weighted by molar-refractivity contribution is 0.257. The molecule has 2 heterocycles. The molecule has 2 saturated heterocycles. The van der Waals surface area contributed by atoms with Gasteiger partial charge in [0, 0.05) is 30.9 Å².